The Balaban J connectivity index is 2.01. The molecular formula is C14H22N4O2. The lowest BCUT2D eigenvalue weighted by Crippen LogP contribution is -2.60. The van der Waals surface area contributed by atoms with E-state index in [0.717, 1.165) is 12.2 Å². The van der Waals surface area contributed by atoms with Crippen molar-refractivity contribution in [1.82, 2.24) is 19.8 Å². The number of hydrogen-bond acceptors (Lipinski definition) is 3. The number of nitrogens with zero attached hydrogens (tertiary/aromatic N) is 3. The molecule has 1 fully saturated rings. The fraction of sp³-hybridized carbons (Fsp3) is 0.643. The minimum absolute atomic E-state index is 0.0247. The van der Waals surface area contributed by atoms with E-state index in [1.807, 2.05) is 31.5 Å². The van der Waals surface area contributed by atoms with Gasteiger partial charge in [-0.2, -0.15) is 0 Å². The van der Waals surface area contributed by atoms with Crippen LogP contribution in [0.3, 0.4) is 0 Å². The van der Waals surface area contributed by atoms with Crippen LogP contribution in [-0.4, -0.2) is 45.4 Å². The summed E-state index contributed by atoms with van der Waals surface area (Å²) < 4.78 is 1.98. The third-order valence-corrected chi connectivity index (χ3v) is 3.98. The number of aromatic nitrogens is 2. The maximum atomic E-state index is 12.4. The minimum Gasteiger partial charge on any atom is -0.342 e. The van der Waals surface area contributed by atoms with Crippen LogP contribution < -0.4 is 5.32 Å². The van der Waals surface area contributed by atoms with Gasteiger partial charge in [-0.15, -0.1) is 0 Å². The second-order valence-corrected chi connectivity index (χ2v) is 5.36. The topological polar surface area (TPSA) is 67.2 Å². The lowest BCUT2D eigenvalue weighted by molar-refractivity contribution is -0.145. The van der Waals surface area contributed by atoms with E-state index in [1.54, 1.807) is 11.1 Å². The minimum atomic E-state index is -0.384. The van der Waals surface area contributed by atoms with Crippen LogP contribution in [0.1, 0.15) is 26.1 Å². The van der Waals surface area contributed by atoms with Crippen LogP contribution >= 0.6 is 0 Å². The molecule has 6 heteroatoms. The third kappa shape index (κ3) is 3.00. The van der Waals surface area contributed by atoms with Crippen molar-refractivity contribution in [3.63, 3.8) is 0 Å². The summed E-state index contributed by atoms with van der Waals surface area (Å²) in [6.07, 6.45) is 4.49. The number of hydrogen-bond donors (Lipinski definition) is 1. The van der Waals surface area contributed by atoms with Crippen molar-refractivity contribution in [2.75, 3.05) is 13.1 Å². The molecule has 2 heterocycles. The Hall–Kier alpha value is -1.85. The van der Waals surface area contributed by atoms with Gasteiger partial charge in [-0.05, 0) is 12.8 Å². The Kier molecular flexibility index (Phi) is 4.42. The quantitative estimate of drug-likeness (QED) is 0.856. The van der Waals surface area contributed by atoms with E-state index in [4.69, 9.17) is 0 Å². The van der Waals surface area contributed by atoms with Gasteiger partial charge in [0.05, 0.1) is 6.54 Å². The number of rotatable bonds is 5. The normalized spacial score (nSPS) is 20.9. The molecule has 0 aliphatic carbocycles. The lowest BCUT2D eigenvalue weighted by atomic mass is 9.96. The molecule has 1 aromatic rings. The number of amides is 2. The molecule has 2 amide bonds. The Morgan fingerprint density at radius 1 is 1.45 bits per heavy atom. The first-order valence-electron chi connectivity index (χ1n) is 7.08. The smallest absolute Gasteiger partial charge is 0.245 e. The highest BCUT2D eigenvalue weighted by molar-refractivity contribution is 5.95. The fourth-order valence-corrected chi connectivity index (χ4v) is 2.41. The van der Waals surface area contributed by atoms with E-state index in [1.165, 1.54) is 0 Å². The molecule has 1 N–H and O–H groups in total. The maximum Gasteiger partial charge on any atom is 0.245 e. The van der Waals surface area contributed by atoms with E-state index in [9.17, 15) is 9.59 Å². The van der Waals surface area contributed by atoms with Crippen LogP contribution in [0.15, 0.2) is 12.4 Å². The summed E-state index contributed by atoms with van der Waals surface area (Å²) in [6.45, 7) is 7.30. The van der Waals surface area contributed by atoms with E-state index >= 15 is 0 Å². The monoisotopic (exact) mass is 278 g/mol. The Labute approximate surface area is 119 Å². The molecule has 2 unspecified atom stereocenters. The largest absolute Gasteiger partial charge is 0.342 e. The molecule has 2 atom stereocenters. The van der Waals surface area contributed by atoms with Crippen LogP contribution in [0.25, 0.3) is 0 Å². The molecule has 0 radical (unpaired) electrons. The highest BCUT2D eigenvalue weighted by Crippen LogP contribution is 2.14. The van der Waals surface area contributed by atoms with E-state index in [2.05, 4.69) is 10.3 Å². The lowest BCUT2D eigenvalue weighted by Gasteiger charge is -2.35. The Morgan fingerprint density at radius 3 is 2.80 bits per heavy atom. The Morgan fingerprint density at radius 2 is 2.20 bits per heavy atom. The first-order chi connectivity index (χ1) is 9.52. The van der Waals surface area contributed by atoms with Crippen molar-refractivity contribution < 1.29 is 9.59 Å². The van der Waals surface area contributed by atoms with Crippen molar-refractivity contribution in [1.29, 1.82) is 0 Å². The van der Waals surface area contributed by atoms with Crippen molar-refractivity contribution in [2.45, 2.75) is 39.8 Å². The van der Waals surface area contributed by atoms with Gasteiger partial charge in [0.25, 0.3) is 0 Å². The zero-order valence-corrected chi connectivity index (χ0v) is 12.3. The van der Waals surface area contributed by atoms with Gasteiger partial charge in [0.1, 0.15) is 11.9 Å². The van der Waals surface area contributed by atoms with Gasteiger partial charge in [0.15, 0.2) is 0 Å². The SMILES string of the molecule is CCC(C)C1NC(=O)CN(CCn2ccnc2C)C1=O. The summed E-state index contributed by atoms with van der Waals surface area (Å²) in [4.78, 5) is 30.0. The van der Waals surface area contributed by atoms with Gasteiger partial charge in [0, 0.05) is 25.5 Å². The second kappa shape index (κ2) is 6.07. The van der Waals surface area contributed by atoms with Gasteiger partial charge < -0.3 is 14.8 Å². The molecule has 0 bridgehead atoms. The molecule has 6 nitrogen and oxygen atoms in total. The van der Waals surface area contributed by atoms with Gasteiger partial charge in [-0.1, -0.05) is 20.3 Å². The summed E-state index contributed by atoms with van der Waals surface area (Å²) in [6, 6.07) is -0.384. The van der Waals surface area contributed by atoms with E-state index in [0.29, 0.717) is 13.1 Å². The molecule has 2 rings (SSSR count). The highest BCUT2D eigenvalue weighted by atomic mass is 16.2. The Bertz CT molecular complexity index is 497. The van der Waals surface area contributed by atoms with Crippen molar-refractivity contribution in [3.8, 4) is 0 Å². The maximum absolute atomic E-state index is 12.4. The molecule has 1 aliphatic heterocycles. The first kappa shape index (κ1) is 14.6. The molecule has 0 saturated carbocycles. The number of aryl methyl sites for hydroxylation is 1. The molecule has 0 aromatic carbocycles. The van der Waals surface area contributed by atoms with Crippen LogP contribution in [0.2, 0.25) is 0 Å². The van der Waals surface area contributed by atoms with Crippen LogP contribution in [-0.2, 0) is 16.1 Å². The summed E-state index contributed by atoms with van der Waals surface area (Å²) in [7, 11) is 0. The van der Waals surface area contributed by atoms with Gasteiger partial charge in [0.2, 0.25) is 11.8 Å². The number of carbonyl (C=O) groups is 2. The molecule has 1 saturated heterocycles. The molecule has 0 spiro atoms. The zero-order chi connectivity index (χ0) is 14.7. The van der Waals surface area contributed by atoms with Crippen molar-refractivity contribution >= 4 is 11.8 Å². The van der Waals surface area contributed by atoms with Crippen LogP contribution in [0.4, 0.5) is 0 Å². The third-order valence-electron chi connectivity index (χ3n) is 3.98. The molecule has 1 aliphatic rings. The number of carbonyl (C=O) groups excluding carboxylic acids is 2. The van der Waals surface area contributed by atoms with Crippen molar-refractivity contribution in [3.05, 3.63) is 18.2 Å². The standard InChI is InChI=1S/C14H22N4O2/c1-4-10(2)13-14(20)18(9-12(19)16-13)8-7-17-6-5-15-11(17)3/h5-6,10,13H,4,7-9H2,1-3H3,(H,16,19). The highest BCUT2D eigenvalue weighted by Gasteiger charge is 2.35. The van der Waals surface area contributed by atoms with Gasteiger partial charge in [-0.3, -0.25) is 9.59 Å². The average molecular weight is 278 g/mol. The summed E-state index contributed by atoms with van der Waals surface area (Å²) >= 11 is 0. The number of imidazole rings is 1. The number of nitrogens with one attached hydrogen (secondary N) is 1. The van der Waals surface area contributed by atoms with Crippen LogP contribution in [0.5, 0.6) is 0 Å². The molecular weight excluding hydrogens is 256 g/mol. The average Bonchev–Trinajstić information content (AvgIpc) is 2.84. The fourth-order valence-electron chi connectivity index (χ4n) is 2.41. The predicted molar refractivity (Wildman–Crippen MR) is 74.9 cm³/mol. The van der Waals surface area contributed by atoms with Gasteiger partial charge >= 0.3 is 0 Å². The second-order valence-electron chi connectivity index (χ2n) is 5.36. The van der Waals surface area contributed by atoms with E-state index < -0.39 is 0 Å². The predicted octanol–water partition coefficient (Wildman–Crippen LogP) is 0.565. The van der Waals surface area contributed by atoms with Gasteiger partial charge in [-0.25, -0.2) is 4.98 Å². The van der Waals surface area contributed by atoms with E-state index in [-0.39, 0.29) is 30.3 Å². The first-order valence-corrected chi connectivity index (χ1v) is 7.08. The summed E-state index contributed by atoms with van der Waals surface area (Å²) in [5, 5.41) is 2.80. The van der Waals surface area contributed by atoms with Crippen LogP contribution in [0, 0.1) is 12.8 Å². The molecule has 20 heavy (non-hydrogen) atoms. The zero-order valence-electron chi connectivity index (χ0n) is 12.3. The summed E-state index contributed by atoms with van der Waals surface area (Å²) in [5.41, 5.74) is 0. The molecule has 1 aromatic heterocycles. The molecule has 110 valence electrons. The van der Waals surface area contributed by atoms with Crippen molar-refractivity contribution in [2.24, 2.45) is 5.92 Å². The summed E-state index contributed by atoms with van der Waals surface area (Å²) in [5.74, 6) is 1.02. The number of piperazine rings is 1.